The standard InChI is InChI=1S/C12H13N5O3/c1-8(9-3-5-13-6-4-9)16-11-10(17(18)19)12(20-2)15-7-14-11/h3-8H,1-2H3,(H,14,15,16). The van der Waals surface area contributed by atoms with Gasteiger partial charge in [-0.05, 0) is 24.6 Å². The van der Waals surface area contributed by atoms with E-state index in [2.05, 4.69) is 20.3 Å². The Bertz CT molecular complexity index is 605. The van der Waals surface area contributed by atoms with Crippen LogP contribution in [0.15, 0.2) is 30.9 Å². The number of anilines is 1. The van der Waals surface area contributed by atoms with Gasteiger partial charge in [-0.25, -0.2) is 4.98 Å². The van der Waals surface area contributed by atoms with Crippen molar-refractivity contribution in [3.8, 4) is 5.88 Å². The Labute approximate surface area is 115 Å². The Morgan fingerprint density at radius 1 is 1.35 bits per heavy atom. The largest absolute Gasteiger partial charge is 0.476 e. The summed E-state index contributed by atoms with van der Waals surface area (Å²) in [6.45, 7) is 1.87. The fourth-order valence-corrected chi connectivity index (χ4v) is 1.72. The van der Waals surface area contributed by atoms with Crippen molar-refractivity contribution < 1.29 is 9.66 Å². The van der Waals surface area contributed by atoms with Gasteiger partial charge in [-0.2, -0.15) is 4.98 Å². The topological polar surface area (TPSA) is 103 Å². The molecule has 8 nitrogen and oxygen atoms in total. The second-order valence-corrected chi connectivity index (χ2v) is 3.98. The van der Waals surface area contributed by atoms with E-state index in [-0.39, 0.29) is 23.4 Å². The molecule has 1 atom stereocenters. The Hall–Kier alpha value is -2.77. The molecule has 2 heterocycles. The third-order valence-electron chi connectivity index (χ3n) is 2.72. The molecule has 0 aliphatic rings. The second-order valence-electron chi connectivity index (χ2n) is 3.98. The third-order valence-corrected chi connectivity index (χ3v) is 2.72. The Morgan fingerprint density at radius 3 is 2.65 bits per heavy atom. The highest BCUT2D eigenvalue weighted by molar-refractivity contribution is 5.61. The van der Waals surface area contributed by atoms with Crippen LogP contribution in [0.2, 0.25) is 0 Å². The molecule has 0 radical (unpaired) electrons. The predicted molar refractivity (Wildman–Crippen MR) is 71.5 cm³/mol. The number of methoxy groups -OCH3 is 1. The first kappa shape index (κ1) is 13.7. The number of hydrogen-bond donors (Lipinski definition) is 1. The molecule has 1 unspecified atom stereocenters. The van der Waals surface area contributed by atoms with Crippen molar-refractivity contribution in [1.82, 2.24) is 15.0 Å². The van der Waals surface area contributed by atoms with Gasteiger partial charge in [0.1, 0.15) is 6.33 Å². The number of pyridine rings is 1. The van der Waals surface area contributed by atoms with Crippen LogP contribution in [0.4, 0.5) is 11.5 Å². The Morgan fingerprint density at radius 2 is 2.05 bits per heavy atom. The highest BCUT2D eigenvalue weighted by atomic mass is 16.6. The molecule has 1 N–H and O–H groups in total. The van der Waals surface area contributed by atoms with E-state index in [9.17, 15) is 10.1 Å². The molecule has 8 heteroatoms. The summed E-state index contributed by atoms with van der Waals surface area (Å²) in [4.78, 5) is 22.1. The lowest BCUT2D eigenvalue weighted by molar-refractivity contribution is -0.385. The first-order valence-corrected chi connectivity index (χ1v) is 5.83. The van der Waals surface area contributed by atoms with E-state index in [4.69, 9.17) is 4.74 Å². The summed E-state index contributed by atoms with van der Waals surface area (Å²) < 4.78 is 4.89. The molecule has 0 saturated heterocycles. The molecular formula is C12H13N5O3. The minimum Gasteiger partial charge on any atom is -0.476 e. The van der Waals surface area contributed by atoms with Gasteiger partial charge in [-0.15, -0.1) is 0 Å². The Balaban J connectivity index is 2.32. The number of aromatic nitrogens is 3. The van der Waals surface area contributed by atoms with Gasteiger partial charge in [-0.3, -0.25) is 15.1 Å². The molecule has 0 aromatic carbocycles. The third kappa shape index (κ3) is 2.79. The van der Waals surface area contributed by atoms with Crippen LogP contribution in [0.3, 0.4) is 0 Å². The molecular weight excluding hydrogens is 262 g/mol. The highest BCUT2D eigenvalue weighted by Crippen LogP contribution is 2.32. The van der Waals surface area contributed by atoms with E-state index in [0.29, 0.717) is 0 Å². The van der Waals surface area contributed by atoms with Gasteiger partial charge >= 0.3 is 5.69 Å². The number of hydrogen-bond acceptors (Lipinski definition) is 7. The zero-order valence-electron chi connectivity index (χ0n) is 11.0. The van der Waals surface area contributed by atoms with Crippen LogP contribution in [0, 0.1) is 10.1 Å². The summed E-state index contributed by atoms with van der Waals surface area (Å²) in [5, 5.41) is 14.1. The van der Waals surface area contributed by atoms with E-state index in [1.807, 2.05) is 19.1 Å². The summed E-state index contributed by atoms with van der Waals surface area (Å²) in [7, 11) is 1.32. The molecule has 20 heavy (non-hydrogen) atoms. The van der Waals surface area contributed by atoms with Gasteiger partial charge < -0.3 is 10.1 Å². The van der Waals surface area contributed by atoms with Crippen LogP contribution >= 0.6 is 0 Å². The molecule has 104 valence electrons. The van der Waals surface area contributed by atoms with Gasteiger partial charge in [0.05, 0.1) is 18.1 Å². The maximum atomic E-state index is 11.1. The minimum absolute atomic E-state index is 0.0746. The first-order valence-electron chi connectivity index (χ1n) is 5.83. The number of ether oxygens (including phenoxy) is 1. The summed E-state index contributed by atoms with van der Waals surface area (Å²) in [6, 6.07) is 3.47. The normalized spacial score (nSPS) is 11.7. The maximum absolute atomic E-state index is 11.1. The molecule has 0 amide bonds. The quantitative estimate of drug-likeness (QED) is 0.657. The number of rotatable bonds is 5. The smallest absolute Gasteiger partial charge is 0.372 e. The summed E-state index contributed by atoms with van der Waals surface area (Å²) in [5.41, 5.74) is 0.655. The van der Waals surface area contributed by atoms with E-state index in [0.717, 1.165) is 5.56 Å². The minimum atomic E-state index is -0.569. The van der Waals surface area contributed by atoms with Crippen LogP contribution in [0.25, 0.3) is 0 Å². The first-order chi connectivity index (χ1) is 9.63. The lowest BCUT2D eigenvalue weighted by atomic mass is 10.1. The van der Waals surface area contributed by atoms with Crippen molar-refractivity contribution in [2.24, 2.45) is 0 Å². The van der Waals surface area contributed by atoms with Crippen LogP contribution in [-0.4, -0.2) is 27.0 Å². The van der Waals surface area contributed by atoms with E-state index in [1.54, 1.807) is 12.4 Å². The van der Waals surface area contributed by atoms with Gasteiger partial charge in [-0.1, -0.05) is 0 Å². The molecule has 0 bridgehead atoms. The van der Waals surface area contributed by atoms with Crippen molar-refractivity contribution in [1.29, 1.82) is 0 Å². The van der Waals surface area contributed by atoms with Gasteiger partial charge in [0, 0.05) is 12.4 Å². The van der Waals surface area contributed by atoms with Gasteiger partial charge in [0.2, 0.25) is 5.82 Å². The SMILES string of the molecule is COc1ncnc(NC(C)c2ccncc2)c1[N+](=O)[O-]. The van der Waals surface area contributed by atoms with Crippen LogP contribution in [-0.2, 0) is 0 Å². The fraction of sp³-hybridized carbons (Fsp3) is 0.250. The van der Waals surface area contributed by atoms with Crippen LogP contribution < -0.4 is 10.1 Å². The second kappa shape index (κ2) is 5.91. The average molecular weight is 275 g/mol. The van der Waals surface area contributed by atoms with E-state index in [1.165, 1.54) is 13.4 Å². The van der Waals surface area contributed by atoms with E-state index >= 15 is 0 Å². The zero-order chi connectivity index (χ0) is 14.5. The molecule has 0 fully saturated rings. The van der Waals surface area contributed by atoms with Gasteiger partial charge in [0.15, 0.2) is 0 Å². The molecule has 2 rings (SSSR count). The predicted octanol–water partition coefficient (Wildman–Crippen LogP) is 1.96. The van der Waals surface area contributed by atoms with Crippen molar-refractivity contribution in [2.45, 2.75) is 13.0 Å². The molecule has 0 aliphatic carbocycles. The molecule has 0 spiro atoms. The van der Waals surface area contributed by atoms with Crippen molar-refractivity contribution in [3.63, 3.8) is 0 Å². The molecule has 2 aromatic heterocycles. The van der Waals surface area contributed by atoms with Crippen molar-refractivity contribution in [3.05, 3.63) is 46.5 Å². The van der Waals surface area contributed by atoms with Crippen molar-refractivity contribution in [2.75, 3.05) is 12.4 Å². The molecule has 2 aromatic rings. The lowest BCUT2D eigenvalue weighted by Crippen LogP contribution is -2.11. The Kier molecular flexibility index (Phi) is 4.04. The van der Waals surface area contributed by atoms with Crippen LogP contribution in [0.5, 0.6) is 5.88 Å². The number of nitrogens with one attached hydrogen (secondary N) is 1. The van der Waals surface area contributed by atoms with Gasteiger partial charge in [0.25, 0.3) is 5.88 Å². The molecule has 0 saturated carbocycles. The fourth-order valence-electron chi connectivity index (χ4n) is 1.72. The van der Waals surface area contributed by atoms with Crippen molar-refractivity contribution >= 4 is 11.5 Å². The summed E-state index contributed by atoms with van der Waals surface area (Å²) >= 11 is 0. The number of nitro groups is 1. The van der Waals surface area contributed by atoms with Crippen LogP contribution in [0.1, 0.15) is 18.5 Å². The summed E-state index contributed by atoms with van der Waals surface area (Å²) in [6.07, 6.45) is 4.53. The lowest BCUT2D eigenvalue weighted by Gasteiger charge is -2.14. The highest BCUT2D eigenvalue weighted by Gasteiger charge is 2.24. The summed E-state index contributed by atoms with van der Waals surface area (Å²) in [5.74, 6) is 0.0422. The monoisotopic (exact) mass is 275 g/mol. The molecule has 0 aliphatic heterocycles. The van der Waals surface area contributed by atoms with E-state index < -0.39 is 4.92 Å². The maximum Gasteiger partial charge on any atom is 0.372 e. The average Bonchev–Trinajstić information content (AvgIpc) is 2.47. The number of nitrogens with zero attached hydrogens (tertiary/aromatic N) is 4. The zero-order valence-corrected chi connectivity index (χ0v) is 11.0.